The van der Waals surface area contributed by atoms with Crippen LogP contribution in [0, 0.1) is 0 Å². The number of nitrogens with two attached hydrogens (primary N) is 1. The van der Waals surface area contributed by atoms with Crippen LogP contribution >= 0.6 is 11.3 Å². The Bertz CT molecular complexity index is 756. The number of imide groups is 1. The van der Waals surface area contributed by atoms with Gasteiger partial charge in [-0.05, 0) is 6.42 Å². The minimum Gasteiger partial charge on any atom is -0.396 e. The highest BCUT2D eigenvalue weighted by Gasteiger charge is 2.29. The highest BCUT2D eigenvalue weighted by Crippen LogP contribution is 2.30. The van der Waals surface area contributed by atoms with E-state index in [1.165, 1.54) is 12.4 Å². The van der Waals surface area contributed by atoms with E-state index < -0.39 is 17.9 Å². The summed E-state index contributed by atoms with van der Waals surface area (Å²) < 4.78 is 0. The van der Waals surface area contributed by atoms with E-state index in [2.05, 4.69) is 20.6 Å². The molecule has 0 spiro atoms. The molecule has 0 aliphatic carbocycles. The number of rotatable bonds is 2. The summed E-state index contributed by atoms with van der Waals surface area (Å²) in [4.78, 5) is 43.9. The van der Waals surface area contributed by atoms with Gasteiger partial charge in [-0.1, -0.05) is 0 Å². The lowest BCUT2D eigenvalue weighted by Gasteiger charge is -2.21. The molecule has 2 aromatic heterocycles. The van der Waals surface area contributed by atoms with Crippen molar-refractivity contribution in [1.82, 2.24) is 20.6 Å². The summed E-state index contributed by atoms with van der Waals surface area (Å²) in [5.41, 5.74) is 6.61. The molecule has 1 unspecified atom stereocenters. The zero-order chi connectivity index (χ0) is 15.0. The molecule has 0 aromatic carbocycles. The number of amides is 3. The standard InChI is InChI=1S/C12H11N5O3S/c13-7-8-12(15-4-3-14-8)21-9(7)11(20)16-5-1-2-6(18)17-10(5)19/h3-5H,1-2,13H2,(H,16,20)(H,17,18,19). The topological polar surface area (TPSA) is 127 Å². The van der Waals surface area contributed by atoms with Gasteiger partial charge in [0.2, 0.25) is 11.8 Å². The van der Waals surface area contributed by atoms with Crippen LogP contribution in [0.4, 0.5) is 5.69 Å². The Kier molecular flexibility index (Phi) is 3.26. The van der Waals surface area contributed by atoms with Crippen molar-refractivity contribution >= 4 is 45.1 Å². The highest BCUT2D eigenvalue weighted by atomic mass is 32.1. The van der Waals surface area contributed by atoms with E-state index >= 15 is 0 Å². The zero-order valence-corrected chi connectivity index (χ0v) is 11.6. The van der Waals surface area contributed by atoms with Crippen molar-refractivity contribution in [3.8, 4) is 0 Å². The number of aromatic nitrogens is 2. The predicted octanol–water partition coefficient (Wildman–Crippen LogP) is -0.192. The molecule has 0 bridgehead atoms. The molecule has 3 amide bonds. The van der Waals surface area contributed by atoms with Crippen LogP contribution in [-0.4, -0.2) is 33.7 Å². The summed E-state index contributed by atoms with van der Waals surface area (Å²) in [6.07, 6.45) is 3.48. The molecular weight excluding hydrogens is 294 g/mol. The van der Waals surface area contributed by atoms with Crippen LogP contribution in [0.5, 0.6) is 0 Å². The summed E-state index contributed by atoms with van der Waals surface area (Å²) in [6.45, 7) is 0. The number of carbonyl (C=O) groups excluding carboxylic acids is 3. The molecule has 21 heavy (non-hydrogen) atoms. The first-order chi connectivity index (χ1) is 10.1. The number of carbonyl (C=O) groups is 3. The van der Waals surface area contributed by atoms with Gasteiger partial charge in [0.15, 0.2) is 0 Å². The Labute approximate surface area is 122 Å². The molecule has 3 rings (SSSR count). The maximum atomic E-state index is 12.2. The van der Waals surface area contributed by atoms with Crippen LogP contribution in [0.25, 0.3) is 10.3 Å². The van der Waals surface area contributed by atoms with E-state index in [1.807, 2.05) is 0 Å². The van der Waals surface area contributed by atoms with Crippen molar-refractivity contribution in [3.63, 3.8) is 0 Å². The lowest BCUT2D eigenvalue weighted by atomic mass is 10.1. The van der Waals surface area contributed by atoms with E-state index in [4.69, 9.17) is 5.73 Å². The number of hydrogen-bond donors (Lipinski definition) is 3. The fraction of sp³-hybridized carbons (Fsp3) is 0.250. The Morgan fingerprint density at radius 2 is 2.14 bits per heavy atom. The first-order valence-corrected chi connectivity index (χ1v) is 7.01. The van der Waals surface area contributed by atoms with E-state index in [-0.39, 0.29) is 29.3 Å². The van der Waals surface area contributed by atoms with E-state index in [0.29, 0.717) is 10.3 Å². The number of nitrogens with zero attached hydrogens (tertiary/aromatic N) is 2. The smallest absolute Gasteiger partial charge is 0.264 e. The molecule has 108 valence electrons. The average Bonchev–Trinajstić information content (AvgIpc) is 2.80. The van der Waals surface area contributed by atoms with Gasteiger partial charge in [0.25, 0.3) is 5.91 Å². The number of fused-ring (bicyclic) bond motifs is 1. The van der Waals surface area contributed by atoms with Gasteiger partial charge in [-0.3, -0.25) is 19.7 Å². The maximum Gasteiger partial charge on any atom is 0.264 e. The highest BCUT2D eigenvalue weighted by molar-refractivity contribution is 7.21. The van der Waals surface area contributed by atoms with Crippen molar-refractivity contribution in [1.29, 1.82) is 0 Å². The third-order valence-corrected chi connectivity index (χ3v) is 4.22. The number of nitrogens with one attached hydrogen (secondary N) is 2. The Morgan fingerprint density at radius 1 is 1.38 bits per heavy atom. The van der Waals surface area contributed by atoms with Crippen molar-refractivity contribution in [2.24, 2.45) is 0 Å². The Morgan fingerprint density at radius 3 is 2.86 bits per heavy atom. The van der Waals surface area contributed by atoms with Gasteiger partial charge in [-0.25, -0.2) is 9.97 Å². The summed E-state index contributed by atoms with van der Waals surface area (Å²) in [7, 11) is 0. The van der Waals surface area contributed by atoms with Crippen LogP contribution in [0.2, 0.25) is 0 Å². The predicted molar refractivity (Wildman–Crippen MR) is 75.5 cm³/mol. The summed E-state index contributed by atoms with van der Waals surface area (Å²) in [5.74, 6) is -1.30. The third-order valence-electron chi connectivity index (χ3n) is 3.11. The largest absolute Gasteiger partial charge is 0.396 e. The first kappa shape index (κ1) is 13.4. The van der Waals surface area contributed by atoms with Crippen LogP contribution in [-0.2, 0) is 9.59 Å². The summed E-state index contributed by atoms with van der Waals surface area (Å²) in [6, 6.07) is -0.735. The molecule has 3 heterocycles. The SMILES string of the molecule is Nc1c(C(=O)NC2CCC(=O)NC2=O)sc2nccnc12. The van der Waals surface area contributed by atoms with Gasteiger partial charge in [0.05, 0.1) is 5.69 Å². The van der Waals surface area contributed by atoms with E-state index in [1.54, 1.807) is 0 Å². The normalized spacial score (nSPS) is 18.6. The van der Waals surface area contributed by atoms with Gasteiger partial charge < -0.3 is 11.1 Å². The Balaban J connectivity index is 1.82. The fourth-order valence-corrected chi connectivity index (χ4v) is 2.99. The van der Waals surface area contributed by atoms with Gasteiger partial charge in [-0.2, -0.15) is 0 Å². The van der Waals surface area contributed by atoms with Crippen molar-refractivity contribution in [2.45, 2.75) is 18.9 Å². The lowest BCUT2D eigenvalue weighted by Crippen LogP contribution is -2.52. The molecule has 1 fully saturated rings. The Hall–Kier alpha value is -2.55. The molecule has 2 aromatic rings. The molecule has 1 saturated heterocycles. The molecule has 0 saturated carbocycles. The minimum absolute atomic E-state index is 0.196. The third kappa shape index (κ3) is 2.42. The number of hydrogen-bond acceptors (Lipinski definition) is 7. The molecule has 1 aliphatic rings. The van der Waals surface area contributed by atoms with Crippen LogP contribution in [0.1, 0.15) is 22.5 Å². The molecule has 1 aliphatic heterocycles. The number of thiophene rings is 1. The van der Waals surface area contributed by atoms with Crippen molar-refractivity contribution in [3.05, 3.63) is 17.3 Å². The minimum atomic E-state index is -0.735. The summed E-state index contributed by atoms with van der Waals surface area (Å²) in [5, 5.41) is 4.76. The van der Waals surface area contributed by atoms with Crippen molar-refractivity contribution in [2.75, 3.05) is 5.73 Å². The second-order valence-corrected chi connectivity index (χ2v) is 5.53. The zero-order valence-electron chi connectivity index (χ0n) is 10.8. The van der Waals surface area contributed by atoms with Crippen LogP contribution in [0.3, 0.4) is 0 Å². The second-order valence-electron chi connectivity index (χ2n) is 4.53. The monoisotopic (exact) mass is 305 g/mol. The van der Waals surface area contributed by atoms with Gasteiger partial charge in [0, 0.05) is 18.8 Å². The quantitative estimate of drug-likeness (QED) is 0.660. The van der Waals surface area contributed by atoms with E-state index in [0.717, 1.165) is 11.3 Å². The lowest BCUT2D eigenvalue weighted by molar-refractivity contribution is -0.134. The first-order valence-electron chi connectivity index (χ1n) is 6.20. The van der Waals surface area contributed by atoms with E-state index in [9.17, 15) is 14.4 Å². The molecule has 4 N–H and O–H groups in total. The van der Waals surface area contributed by atoms with Gasteiger partial charge in [0.1, 0.15) is 21.3 Å². The van der Waals surface area contributed by atoms with Crippen LogP contribution in [0.15, 0.2) is 12.4 Å². The molecule has 1 atom stereocenters. The van der Waals surface area contributed by atoms with Gasteiger partial charge >= 0.3 is 0 Å². The van der Waals surface area contributed by atoms with Crippen LogP contribution < -0.4 is 16.4 Å². The fourth-order valence-electron chi connectivity index (χ4n) is 2.07. The molecule has 9 heteroatoms. The second kappa shape index (κ2) is 5.09. The number of nitrogen functional groups attached to an aromatic ring is 1. The number of piperidine rings is 1. The molecule has 8 nitrogen and oxygen atoms in total. The van der Waals surface area contributed by atoms with Crippen molar-refractivity contribution < 1.29 is 14.4 Å². The number of anilines is 1. The average molecular weight is 305 g/mol. The molecule has 0 radical (unpaired) electrons. The molecular formula is C12H11N5O3S. The maximum absolute atomic E-state index is 12.2. The van der Waals surface area contributed by atoms with Gasteiger partial charge in [-0.15, -0.1) is 11.3 Å². The summed E-state index contributed by atoms with van der Waals surface area (Å²) >= 11 is 1.11.